The predicted octanol–water partition coefficient (Wildman–Crippen LogP) is 3.64. The number of carbonyl (C=O) groups is 2. The van der Waals surface area contributed by atoms with Crippen LogP contribution in [-0.4, -0.2) is 37.9 Å². The monoisotopic (exact) mass is 499 g/mol. The van der Waals surface area contributed by atoms with E-state index < -0.39 is 22.6 Å². The maximum Gasteiger partial charge on any atom is 0.338 e. The van der Waals surface area contributed by atoms with Crippen LogP contribution < -0.4 is 4.72 Å². The molecule has 8 nitrogen and oxygen atoms in total. The highest BCUT2D eigenvalue weighted by Gasteiger charge is 2.19. The van der Waals surface area contributed by atoms with Gasteiger partial charge < -0.3 is 9.30 Å². The SMILES string of the molecule is Cc1cc(C(=O)COC(=O)c2ccc(S(=O)(=O)NCCC#N)cc2)c(C)n1CCc1cccs1. The molecule has 0 radical (unpaired) electrons. The lowest BCUT2D eigenvalue weighted by Crippen LogP contribution is -2.24. The van der Waals surface area contributed by atoms with Crippen molar-refractivity contribution in [3.8, 4) is 6.07 Å². The topological polar surface area (TPSA) is 118 Å². The summed E-state index contributed by atoms with van der Waals surface area (Å²) in [6.45, 7) is 4.16. The first-order valence-electron chi connectivity index (χ1n) is 10.6. The van der Waals surface area contributed by atoms with Gasteiger partial charge in [0.2, 0.25) is 15.8 Å². The molecule has 0 fully saturated rings. The number of sulfonamides is 1. The van der Waals surface area contributed by atoms with E-state index in [1.165, 1.54) is 29.1 Å². The molecule has 3 rings (SSSR count). The average Bonchev–Trinajstić information content (AvgIpc) is 3.44. The van der Waals surface area contributed by atoms with E-state index in [4.69, 9.17) is 10.00 Å². The Balaban J connectivity index is 1.59. The smallest absolute Gasteiger partial charge is 0.338 e. The molecule has 0 amide bonds. The number of benzene rings is 1. The maximum atomic E-state index is 12.7. The number of aromatic nitrogens is 1. The van der Waals surface area contributed by atoms with Crippen LogP contribution in [0.25, 0.3) is 0 Å². The Hall–Kier alpha value is -3.26. The molecular weight excluding hydrogens is 474 g/mol. The van der Waals surface area contributed by atoms with Crippen LogP contribution in [0.1, 0.15) is 43.4 Å². The molecule has 34 heavy (non-hydrogen) atoms. The Morgan fingerprint density at radius 1 is 1.18 bits per heavy atom. The number of Topliss-reactive ketones (excluding diaryl/α,β-unsaturated/α-hetero) is 1. The lowest BCUT2D eigenvalue weighted by molar-refractivity contribution is 0.0474. The third-order valence-electron chi connectivity index (χ3n) is 5.30. The van der Waals surface area contributed by atoms with Gasteiger partial charge >= 0.3 is 5.97 Å². The molecule has 1 aromatic carbocycles. The zero-order chi connectivity index (χ0) is 24.7. The van der Waals surface area contributed by atoms with Crippen molar-refractivity contribution in [1.82, 2.24) is 9.29 Å². The molecule has 0 aliphatic carbocycles. The second kappa shape index (κ2) is 11.2. The number of nitrogens with zero attached hydrogens (tertiary/aromatic N) is 2. The van der Waals surface area contributed by atoms with Crippen molar-refractivity contribution in [2.24, 2.45) is 0 Å². The van der Waals surface area contributed by atoms with Gasteiger partial charge in [-0.25, -0.2) is 17.9 Å². The Labute approximate surface area is 202 Å². The van der Waals surface area contributed by atoms with Crippen molar-refractivity contribution in [2.75, 3.05) is 13.2 Å². The van der Waals surface area contributed by atoms with Crippen LogP contribution in [0.5, 0.6) is 0 Å². The summed E-state index contributed by atoms with van der Waals surface area (Å²) >= 11 is 1.70. The Morgan fingerprint density at radius 3 is 2.56 bits per heavy atom. The highest BCUT2D eigenvalue weighted by atomic mass is 32.2. The Bertz CT molecular complexity index is 1300. The number of rotatable bonds is 11. The van der Waals surface area contributed by atoms with Gasteiger partial charge in [-0.1, -0.05) is 6.07 Å². The molecule has 10 heteroatoms. The van der Waals surface area contributed by atoms with Crippen LogP contribution in [0.3, 0.4) is 0 Å². The molecule has 0 bridgehead atoms. The number of ketones is 1. The summed E-state index contributed by atoms with van der Waals surface area (Å²) in [5.74, 6) is -1.02. The second-order valence-corrected chi connectivity index (χ2v) is 10.4. The molecule has 2 heterocycles. The number of hydrogen-bond donors (Lipinski definition) is 1. The van der Waals surface area contributed by atoms with E-state index in [0.29, 0.717) is 5.56 Å². The maximum absolute atomic E-state index is 12.7. The third kappa shape index (κ3) is 6.20. The minimum atomic E-state index is -3.77. The van der Waals surface area contributed by atoms with Crippen molar-refractivity contribution >= 4 is 33.1 Å². The van der Waals surface area contributed by atoms with Gasteiger partial charge in [-0.3, -0.25) is 4.79 Å². The van der Waals surface area contributed by atoms with E-state index >= 15 is 0 Å². The summed E-state index contributed by atoms with van der Waals surface area (Å²) in [5.41, 5.74) is 2.43. The number of thiophene rings is 1. The zero-order valence-electron chi connectivity index (χ0n) is 18.9. The minimum absolute atomic E-state index is 0.000606. The molecule has 3 aromatic rings. The van der Waals surface area contributed by atoms with Gasteiger partial charge in [-0.15, -0.1) is 11.3 Å². The Morgan fingerprint density at radius 2 is 1.91 bits per heavy atom. The average molecular weight is 500 g/mol. The van der Waals surface area contributed by atoms with E-state index in [0.717, 1.165) is 24.4 Å². The van der Waals surface area contributed by atoms with Crippen LogP contribution in [0.4, 0.5) is 0 Å². The molecule has 0 saturated heterocycles. The molecule has 1 N–H and O–H groups in total. The lowest BCUT2D eigenvalue weighted by Gasteiger charge is -2.09. The number of aryl methyl sites for hydroxylation is 2. The molecule has 0 aliphatic rings. The van der Waals surface area contributed by atoms with Crippen LogP contribution >= 0.6 is 11.3 Å². The van der Waals surface area contributed by atoms with Crippen molar-refractivity contribution in [1.29, 1.82) is 5.26 Å². The number of carbonyl (C=O) groups excluding carboxylic acids is 2. The standard InChI is InChI=1S/C24H25N3O5S2/c1-17-15-22(18(2)27(17)13-10-20-5-3-14-33-20)23(28)16-32-24(29)19-6-8-21(9-7-19)34(30,31)26-12-4-11-25/h3,5-9,14-15,26H,4,10,12-13,16H2,1-2H3. The summed E-state index contributed by atoms with van der Waals surface area (Å²) in [7, 11) is -3.77. The first-order valence-corrected chi connectivity index (χ1v) is 13.0. The summed E-state index contributed by atoms with van der Waals surface area (Å²) in [6.07, 6.45) is 0.922. The van der Waals surface area contributed by atoms with E-state index in [-0.39, 0.29) is 29.2 Å². The molecule has 2 aromatic heterocycles. The lowest BCUT2D eigenvalue weighted by atomic mass is 10.1. The van der Waals surface area contributed by atoms with Crippen LogP contribution in [0, 0.1) is 25.2 Å². The van der Waals surface area contributed by atoms with Crippen LogP contribution in [0.2, 0.25) is 0 Å². The number of nitriles is 1. The van der Waals surface area contributed by atoms with E-state index in [2.05, 4.69) is 15.4 Å². The number of hydrogen-bond acceptors (Lipinski definition) is 7. The summed E-state index contributed by atoms with van der Waals surface area (Å²) < 4.78 is 33.9. The van der Waals surface area contributed by atoms with Gasteiger partial charge in [-0.2, -0.15) is 5.26 Å². The van der Waals surface area contributed by atoms with E-state index in [1.807, 2.05) is 31.4 Å². The predicted molar refractivity (Wildman–Crippen MR) is 128 cm³/mol. The summed E-state index contributed by atoms with van der Waals surface area (Å²) in [6, 6.07) is 12.9. The highest BCUT2D eigenvalue weighted by Crippen LogP contribution is 2.19. The van der Waals surface area contributed by atoms with Crippen molar-refractivity contribution < 1.29 is 22.7 Å². The molecule has 0 spiro atoms. The fourth-order valence-corrected chi connectivity index (χ4v) is 5.22. The second-order valence-electron chi connectivity index (χ2n) is 7.60. The first kappa shape index (κ1) is 25.4. The van der Waals surface area contributed by atoms with Gasteiger partial charge in [0.25, 0.3) is 0 Å². The molecule has 0 unspecified atom stereocenters. The quantitative estimate of drug-likeness (QED) is 0.244. The Kier molecular flexibility index (Phi) is 8.39. The molecule has 0 aliphatic heterocycles. The van der Waals surface area contributed by atoms with Gasteiger partial charge in [0.15, 0.2) is 6.61 Å². The summed E-state index contributed by atoms with van der Waals surface area (Å²) in [5, 5.41) is 10.6. The number of nitrogens with one attached hydrogen (secondary N) is 1. The molecule has 0 atom stereocenters. The van der Waals surface area contributed by atoms with Gasteiger partial charge in [0, 0.05) is 41.3 Å². The third-order valence-corrected chi connectivity index (χ3v) is 7.71. The van der Waals surface area contributed by atoms with E-state index in [9.17, 15) is 18.0 Å². The van der Waals surface area contributed by atoms with Crippen molar-refractivity contribution in [2.45, 2.75) is 38.1 Å². The largest absolute Gasteiger partial charge is 0.454 e. The fraction of sp³-hybridized carbons (Fsp3) is 0.292. The van der Waals surface area contributed by atoms with E-state index in [1.54, 1.807) is 17.4 Å². The van der Waals surface area contributed by atoms with Crippen molar-refractivity contribution in [3.05, 3.63) is 75.2 Å². The number of ether oxygens (including phenoxy) is 1. The fourth-order valence-electron chi connectivity index (χ4n) is 3.49. The number of esters is 1. The molecule has 178 valence electrons. The van der Waals surface area contributed by atoms with Crippen LogP contribution in [0.15, 0.2) is 52.7 Å². The highest BCUT2D eigenvalue weighted by molar-refractivity contribution is 7.89. The molecule has 0 saturated carbocycles. The normalized spacial score (nSPS) is 11.2. The minimum Gasteiger partial charge on any atom is -0.454 e. The van der Waals surface area contributed by atoms with Gasteiger partial charge in [-0.05, 0) is 62.0 Å². The van der Waals surface area contributed by atoms with Crippen molar-refractivity contribution in [3.63, 3.8) is 0 Å². The molecular formula is C24H25N3O5S2. The van der Waals surface area contributed by atoms with Crippen LogP contribution in [-0.2, 0) is 27.7 Å². The first-order chi connectivity index (χ1) is 16.2. The zero-order valence-corrected chi connectivity index (χ0v) is 20.5. The van der Waals surface area contributed by atoms with Gasteiger partial charge in [0.1, 0.15) is 0 Å². The summed E-state index contributed by atoms with van der Waals surface area (Å²) in [4.78, 5) is 26.3. The van der Waals surface area contributed by atoms with Gasteiger partial charge in [0.05, 0.1) is 16.5 Å².